The molecule has 0 spiro atoms. The molecule has 0 N–H and O–H groups in total. The summed E-state index contributed by atoms with van der Waals surface area (Å²) >= 11 is 0. The Kier molecular flexibility index (Phi) is 10.6. The van der Waals surface area contributed by atoms with Crippen molar-refractivity contribution in [3.8, 4) is 0 Å². The number of carbonyl (C=O) groups is 2. The molecule has 4 atom stereocenters. The maximum Gasteiger partial charge on any atom is 0.330 e. The first-order valence-electron chi connectivity index (χ1n) is 13.4. The third-order valence-corrected chi connectivity index (χ3v) is 13.0. The summed E-state index contributed by atoms with van der Waals surface area (Å²) in [5, 5.41) is 0.194. The molecule has 2 aliphatic carbocycles. The standard InChI is InChI=1S/C29H48O5Si/c1-9-32-26(30)17-11-14-22(15-12-18-27(31)33-10-2)23-19-20-24-25(16-13-21-29(23,24)6)34-35(7,8)28(3,4)5/h11-12,14,17-18,23-25H,9-10,13,15-16,19-21H2,1-8H3/b17-11+,18-12+,22-14+/t23-,24-,25-,29+/m1/s1. The molecule has 2 aliphatic rings. The molecular weight excluding hydrogens is 456 g/mol. The highest BCUT2D eigenvalue weighted by Crippen LogP contribution is 2.59. The molecule has 0 aliphatic heterocycles. The van der Waals surface area contributed by atoms with Gasteiger partial charge in [-0.1, -0.05) is 57.9 Å². The van der Waals surface area contributed by atoms with Crippen LogP contribution in [-0.4, -0.2) is 39.6 Å². The van der Waals surface area contributed by atoms with Crippen molar-refractivity contribution in [1.29, 1.82) is 0 Å². The van der Waals surface area contributed by atoms with Gasteiger partial charge in [-0.15, -0.1) is 0 Å². The van der Waals surface area contributed by atoms with E-state index in [4.69, 9.17) is 13.9 Å². The quantitative estimate of drug-likeness (QED) is 0.137. The first kappa shape index (κ1) is 29.6. The van der Waals surface area contributed by atoms with Gasteiger partial charge in [0.05, 0.1) is 13.2 Å². The number of carbonyl (C=O) groups excluding carboxylic acids is 2. The highest BCUT2D eigenvalue weighted by molar-refractivity contribution is 6.74. The molecule has 0 aromatic heterocycles. The number of ether oxygens (including phenoxy) is 2. The Bertz CT molecular complexity index is 819. The van der Waals surface area contributed by atoms with Gasteiger partial charge >= 0.3 is 11.9 Å². The Balaban J connectivity index is 2.29. The van der Waals surface area contributed by atoms with Crippen LogP contribution >= 0.6 is 0 Å². The van der Waals surface area contributed by atoms with Crippen LogP contribution in [-0.2, 0) is 23.5 Å². The lowest BCUT2D eigenvalue weighted by Gasteiger charge is -2.49. The molecular formula is C29H48O5Si. The maximum absolute atomic E-state index is 11.9. The van der Waals surface area contributed by atoms with Gasteiger partial charge in [0.25, 0.3) is 0 Å². The fourth-order valence-electron chi connectivity index (χ4n) is 5.67. The summed E-state index contributed by atoms with van der Waals surface area (Å²) in [5.41, 5.74) is 1.40. The molecule has 2 saturated carbocycles. The SMILES string of the molecule is CCOC(=O)/C=C/C=C(\C/C=C/C(=O)OCC)[C@H]1CC[C@@H]2[C@H](O[Si](C)(C)C(C)(C)C)CCC[C@@]12C. The molecule has 198 valence electrons. The second kappa shape index (κ2) is 12.5. The Morgan fingerprint density at radius 3 is 2.23 bits per heavy atom. The van der Waals surface area contributed by atoms with Gasteiger partial charge in [-0.05, 0) is 81.3 Å². The van der Waals surface area contributed by atoms with Crippen LogP contribution in [0.3, 0.4) is 0 Å². The summed E-state index contributed by atoms with van der Waals surface area (Å²) in [6.45, 7) is 18.4. The fourth-order valence-corrected chi connectivity index (χ4v) is 7.07. The molecule has 2 rings (SSSR count). The number of fused-ring (bicyclic) bond motifs is 1. The van der Waals surface area contributed by atoms with Gasteiger partial charge in [0, 0.05) is 18.3 Å². The van der Waals surface area contributed by atoms with E-state index in [0.717, 1.165) is 19.3 Å². The lowest BCUT2D eigenvalue weighted by Crippen LogP contribution is -2.50. The van der Waals surface area contributed by atoms with E-state index in [1.807, 2.05) is 13.0 Å². The molecule has 0 aromatic carbocycles. The number of hydrogen-bond donors (Lipinski definition) is 0. The van der Waals surface area contributed by atoms with E-state index in [1.165, 1.54) is 30.6 Å². The van der Waals surface area contributed by atoms with Crippen LogP contribution in [0.2, 0.25) is 18.1 Å². The van der Waals surface area contributed by atoms with Crippen LogP contribution in [0.4, 0.5) is 0 Å². The summed E-state index contributed by atoms with van der Waals surface area (Å²) < 4.78 is 17.1. The van der Waals surface area contributed by atoms with Crippen LogP contribution in [0.1, 0.15) is 80.1 Å². The second-order valence-electron chi connectivity index (χ2n) is 11.8. The summed E-state index contributed by atoms with van der Waals surface area (Å²) in [4.78, 5) is 23.7. The van der Waals surface area contributed by atoms with E-state index >= 15 is 0 Å². The molecule has 0 amide bonds. The Hall–Kier alpha value is -1.66. The Labute approximate surface area is 214 Å². The van der Waals surface area contributed by atoms with E-state index in [1.54, 1.807) is 13.0 Å². The Morgan fingerprint density at radius 2 is 1.63 bits per heavy atom. The second-order valence-corrected chi connectivity index (χ2v) is 16.5. The minimum atomic E-state index is -1.86. The summed E-state index contributed by atoms with van der Waals surface area (Å²) in [6, 6.07) is 0. The zero-order chi connectivity index (χ0) is 26.3. The lowest BCUT2D eigenvalue weighted by atomic mass is 9.62. The van der Waals surface area contributed by atoms with Crippen molar-refractivity contribution in [2.45, 2.75) is 104 Å². The Morgan fingerprint density at radius 1 is 1.00 bits per heavy atom. The van der Waals surface area contributed by atoms with Crippen LogP contribution in [0.5, 0.6) is 0 Å². The first-order chi connectivity index (χ1) is 16.4. The van der Waals surface area contributed by atoms with Crippen LogP contribution in [0.15, 0.2) is 36.0 Å². The predicted molar refractivity (Wildman–Crippen MR) is 144 cm³/mol. The molecule has 2 fully saturated rings. The van der Waals surface area contributed by atoms with Crippen molar-refractivity contribution in [3.63, 3.8) is 0 Å². The highest BCUT2D eigenvalue weighted by atomic mass is 28.4. The third-order valence-electron chi connectivity index (χ3n) is 8.49. The molecule has 0 radical (unpaired) electrons. The molecule has 0 saturated heterocycles. The number of esters is 2. The molecule has 0 unspecified atom stereocenters. The molecule has 0 bridgehead atoms. The first-order valence-corrected chi connectivity index (χ1v) is 16.3. The molecule has 35 heavy (non-hydrogen) atoms. The van der Waals surface area contributed by atoms with E-state index < -0.39 is 8.32 Å². The van der Waals surface area contributed by atoms with Crippen LogP contribution < -0.4 is 0 Å². The highest BCUT2D eigenvalue weighted by Gasteiger charge is 2.54. The van der Waals surface area contributed by atoms with Gasteiger partial charge in [0.1, 0.15) is 0 Å². The number of allylic oxidation sites excluding steroid dienone is 4. The van der Waals surface area contributed by atoms with E-state index in [-0.39, 0.29) is 22.4 Å². The van der Waals surface area contributed by atoms with Gasteiger partial charge in [-0.3, -0.25) is 0 Å². The number of rotatable bonds is 10. The van der Waals surface area contributed by atoms with Crippen LogP contribution in [0, 0.1) is 17.3 Å². The largest absolute Gasteiger partial charge is 0.463 e. The fraction of sp³-hybridized carbons (Fsp3) is 0.724. The van der Waals surface area contributed by atoms with Gasteiger partial charge < -0.3 is 13.9 Å². The normalized spacial score (nSPS) is 27.9. The summed E-state index contributed by atoms with van der Waals surface area (Å²) in [5.74, 6) is 0.268. The van der Waals surface area contributed by atoms with Crippen molar-refractivity contribution in [2.24, 2.45) is 17.3 Å². The molecule has 0 aromatic rings. The van der Waals surface area contributed by atoms with Gasteiger partial charge in [0.15, 0.2) is 8.32 Å². The topological polar surface area (TPSA) is 61.8 Å². The van der Waals surface area contributed by atoms with Gasteiger partial charge in [-0.2, -0.15) is 0 Å². The van der Waals surface area contributed by atoms with Crippen molar-refractivity contribution in [2.75, 3.05) is 13.2 Å². The van der Waals surface area contributed by atoms with E-state index in [9.17, 15) is 9.59 Å². The van der Waals surface area contributed by atoms with Crippen molar-refractivity contribution < 1.29 is 23.5 Å². The van der Waals surface area contributed by atoms with Crippen molar-refractivity contribution in [1.82, 2.24) is 0 Å². The van der Waals surface area contributed by atoms with Gasteiger partial charge in [0.2, 0.25) is 0 Å². The number of hydrogen-bond acceptors (Lipinski definition) is 5. The average molecular weight is 505 g/mol. The summed E-state index contributed by atoms with van der Waals surface area (Å²) in [6.07, 6.45) is 15.5. The molecule has 0 heterocycles. The van der Waals surface area contributed by atoms with E-state index in [2.05, 4.69) is 46.9 Å². The zero-order valence-electron chi connectivity index (χ0n) is 23.3. The lowest BCUT2D eigenvalue weighted by molar-refractivity contribution is -0.138. The van der Waals surface area contributed by atoms with Crippen molar-refractivity contribution in [3.05, 3.63) is 36.0 Å². The molecule has 5 nitrogen and oxygen atoms in total. The smallest absolute Gasteiger partial charge is 0.330 e. The molecule has 6 heteroatoms. The average Bonchev–Trinajstić information content (AvgIpc) is 3.10. The van der Waals surface area contributed by atoms with Gasteiger partial charge in [-0.25, -0.2) is 9.59 Å². The maximum atomic E-state index is 11.9. The van der Waals surface area contributed by atoms with E-state index in [0.29, 0.717) is 37.6 Å². The minimum absolute atomic E-state index is 0.145. The summed E-state index contributed by atoms with van der Waals surface area (Å²) in [7, 11) is -1.86. The van der Waals surface area contributed by atoms with Crippen molar-refractivity contribution >= 4 is 20.3 Å². The monoisotopic (exact) mass is 504 g/mol. The van der Waals surface area contributed by atoms with Crippen LogP contribution in [0.25, 0.3) is 0 Å². The minimum Gasteiger partial charge on any atom is -0.463 e. The zero-order valence-corrected chi connectivity index (χ0v) is 24.3. The predicted octanol–water partition coefficient (Wildman–Crippen LogP) is 7.15. The third kappa shape index (κ3) is 7.66.